The van der Waals surface area contributed by atoms with Gasteiger partial charge in [-0.1, -0.05) is 30.3 Å². The van der Waals surface area contributed by atoms with E-state index in [2.05, 4.69) is 89.4 Å². The number of piperazine rings is 1. The molecule has 0 amide bonds. The molecule has 1 N–H and O–H groups in total. The molecule has 3 aromatic rings. The van der Waals surface area contributed by atoms with Crippen molar-refractivity contribution >= 4 is 23.1 Å². The fourth-order valence-corrected chi connectivity index (χ4v) is 3.85. The molecule has 6 heteroatoms. The number of hydrogen-bond acceptors (Lipinski definition) is 6. The second kappa shape index (κ2) is 8.07. The van der Waals surface area contributed by atoms with Crippen LogP contribution in [0.2, 0.25) is 0 Å². The number of hydrogen-bond donors (Lipinski definition) is 1. The minimum absolute atomic E-state index is 0.682. The average molecular weight is 389 g/mol. The van der Waals surface area contributed by atoms with Crippen LogP contribution in [0.1, 0.15) is 22.3 Å². The molecule has 1 saturated heterocycles. The Bertz CT molecular complexity index is 988. The Labute approximate surface area is 172 Å². The molecule has 1 aliphatic rings. The highest BCUT2D eigenvalue weighted by Crippen LogP contribution is 2.26. The lowest BCUT2D eigenvalue weighted by atomic mass is 10.1. The van der Waals surface area contributed by atoms with E-state index in [1.165, 1.54) is 27.9 Å². The van der Waals surface area contributed by atoms with Gasteiger partial charge < -0.3 is 15.1 Å². The van der Waals surface area contributed by atoms with Crippen LogP contribution in [0.3, 0.4) is 0 Å². The first-order valence-electron chi connectivity index (χ1n) is 10.1. The molecule has 0 spiro atoms. The molecule has 1 aliphatic heterocycles. The van der Waals surface area contributed by atoms with Crippen LogP contribution < -0.4 is 15.1 Å². The van der Waals surface area contributed by atoms with Crippen molar-refractivity contribution in [3.63, 3.8) is 0 Å². The summed E-state index contributed by atoms with van der Waals surface area (Å²) in [5.74, 6) is 1.41. The molecule has 1 aromatic heterocycles. The Morgan fingerprint density at radius 3 is 2.14 bits per heavy atom. The maximum atomic E-state index is 4.73. The van der Waals surface area contributed by atoms with Gasteiger partial charge in [0.2, 0.25) is 5.95 Å². The zero-order valence-electron chi connectivity index (χ0n) is 17.6. The van der Waals surface area contributed by atoms with E-state index in [9.17, 15) is 0 Å². The Morgan fingerprint density at radius 2 is 1.41 bits per heavy atom. The summed E-state index contributed by atoms with van der Waals surface area (Å²) in [6.07, 6.45) is 1.68. The van der Waals surface area contributed by atoms with E-state index in [4.69, 9.17) is 4.98 Å². The van der Waals surface area contributed by atoms with Gasteiger partial charge in [0.1, 0.15) is 0 Å². The zero-order chi connectivity index (χ0) is 20.4. The van der Waals surface area contributed by atoms with E-state index < -0.39 is 0 Å². The van der Waals surface area contributed by atoms with Crippen molar-refractivity contribution in [2.24, 2.45) is 0 Å². The van der Waals surface area contributed by atoms with Crippen LogP contribution in [0.25, 0.3) is 0 Å². The van der Waals surface area contributed by atoms with Crippen molar-refractivity contribution in [1.82, 2.24) is 15.2 Å². The highest BCUT2D eigenvalue weighted by atomic mass is 15.4. The topological polar surface area (TPSA) is 57.2 Å². The summed E-state index contributed by atoms with van der Waals surface area (Å²) in [5, 5.41) is 11.9. The first kappa shape index (κ1) is 19.2. The predicted molar refractivity (Wildman–Crippen MR) is 119 cm³/mol. The largest absolute Gasteiger partial charge is 0.368 e. The number of nitrogens with zero attached hydrogens (tertiary/aromatic N) is 5. The van der Waals surface area contributed by atoms with E-state index >= 15 is 0 Å². The third kappa shape index (κ3) is 4.01. The van der Waals surface area contributed by atoms with Crippen LogP contribution in [0.15, 0.2) is 42.6 Å². The van der Waals surface area contributed by atoms with Gasteiger partial charge in [0.05, 0.1) is 6.20 Å². The zero-order valence-corrected chi connectivity index (χ0v) is 17.6. The molecule has 0 bridgehead atoms. The number of nitrogens with one attached hydrogen (secondary N) is 1. The third-order valence-corrected chi connectivity index (χ3v) is 5.76. The predicted octanol–water partition coefficient (Wildman–Crippen LogP) is 4.18. The summed E-state index contributed by atoms with van der Waals surface area (Å²) >= 11 is 0. The summed E-state index contributed by atoms with van der Waals surface area (Å²) < 4.78 is 0. The van der Waals surface area contributed by atoms with Gasteiger partial charge in [-0.2, -0.15) is 10.1 Å². The molecule has 0 saturated carbocycles. The van der Waals surface area contributed by atoms with E-state index in [1.54, 1.807) is 6.20 Å². The molecule has 6 nitrogen and oxygen atoms in total. The molecule has 0 aliphatic carbocycles. The van der Waals surface area contributed by atoms with Crippen molar-refractivity contribution in [3.8, 4) is 0 Å². The maximum Gasteiger partial charge on any atom is 0.247 e. The first-order valence-corrected chi connectivity index (χ1v) is 10.1. The van der Waals surface area contributed by atoms with Crippen LogP contribution in [0.4, 0.5) is 23.1 Å². The van der Waals surface area contributed by atoms with E-state index in [0.29, 0.717) is 5.95 Å². The monoisotopic (exact) mass is 388 g/mol. The lowest BCUT2D eigenvalue weighted by Gasteiger charge is -2.36. The molecule has 0 atom stereocenters. The fourth-order valence-electron chi connectivity index (χ4n) is 3.85. The molecular formula is C23H28N6. The molecular weight excluding hydrogens is 360 g/mol. The lowest BCUT2D eigenvalue weighted by Crippen LogP contribution is -2.47. The summed E-state index contributed by atoms with van der Waals surface area (Å²) in [7, 11) is 0. The van der Waals surface area contributed by atoms with Crippen molar-refractivity contribution in [2.45, 2.75) is 27.7 Å². The van der Waals surface area contributed by atoms with Gasteiger partial charge in [-0.05, 0) is 56.0 Å². The smallest absolute Gasteiger partial charge is 0.247 e. The summed E-state index contributed by atoms with van der Waals surface area (Å²) in [6.45, 7) is 12.2. The van der Waals surface area contributed by atoms with Gasteiger partial charge in [-0.25, -0.2) is 0 Å². The minimum atomic E-state index is 0.682. The second-order valence-electron chi connectivity index (χ2n) is 7.73. The molecule has 150 valence electrons. The second-order valence-corrected chi connectivity index (χ2v) is 7.73. The Kier molecular flexibility index (Phi) is 5.34. The summed E-state index contributed by atoms with van der Waals surface area (Å²) in [5.41, 5.74) is 7.48. The van der Waals surface area contributed by atoms with Gasteiger partial charge in [0, 0.05) is 37.6 Å². The summed E-state index contributed by atoms with van der Waals surface area (Å²) in [6, 6.07) is 12.8. The first-order chi connectivity index (χ1) is 14.0. The number of aromatic nitrogens is 3. The van der Waals surface area contributed by atoms with Crippen LogP contribution in [-0.2, 0) is 0 Å². The van der Waals surface area contributed by atoms with Crippen LogP contribution in [0, 0.1) is 27.7 Å². The molecule has 4 rings (SSSR count). The van der Waals surface area contributed by atoms with E-state index in [-0.39, 0.29) is 0 Å². The number of aryl methyl sites for hydroxylation is 3. The highest BCUT2D eigenvalue weighted by Gasteiger charge is 2.21. The molecule has 0 unspecified atom stereocenters. The number of para-hydroxylation sites is 1. The van der Waals surface area contributed by atoms with Gasteiger partial charge in [0.25, 0.3) is 0 Å². The molecule has 2 heterocycles. The van der Waals surface area contributed by atoms with E-state index in [1.807, 2.05) is 0 Å². The summed E-state index contributed by atoms with van der Waals surface area (Å²) in [4.78, 5) is 9.39. The van der Waals surface area contributed by atoms with E-state index in [0.717, 1.165) is 37.7 Å². The molecule has 1 fully saturated rings. The standard InChI is InChI=1S/C23H28N6/c1-16-7-6-10-20(19(16)4)28-11-13-29(14-12-28)23-26-21(15-24-27-23)25-22-17(2)8-5-9-18(22)3/h5-10,15H,11-14H2,1-4H3,(H,25,26,27). The SMILES string of the molecule is Cc1cccc(N2CCN(c3nncc(Nc4c(C)cccc4C)n3)CC2)c1C. The fraction of sp³-hybridized carbons (Fsp3) is 0.348. The van der Waals surface area contributed by atoms with Gasteiger partial charge >= 0.3 is 0 Å². The highest BCUT2D eigenvalue weighted by molar-refractivity contribution is 5.64. The number of benzene rings is 2. The van der Waals surface area contributed by atoms with Crippen molar-refractivity contribution in [1.29, 1.82) is 0 Å². The van der Waals surface area contributed by atoms with Gasteiger partial charge in [0.15, 0.2) is 5.82 Å². The Morgan fingerprint density at radius 1 is 0.793 bits per heavy atom. The number of anilines is 4. The van der Waals surface area contributed by atoms with Crippen molar-refractivity contribution in [3.05, 3.63) is 64.8 Å². The van der Waals surface area contributed by atoms with Gasteiger partial charge in [-0.3, -0.25) is 0 Å². The van der Waals surface area contributed by atoms with Crippen LogP contribution >= 0.6 is 0 Å². The normalized spacial score (nSPS) is 14.2. The molecule has 2 aromatic carbocycles. The quantitative estimate of drug-likeness (QED) is 0.724. The van der Waals surface area contributed by atoms with Crippen molar-refractivity contribution < 1.29 is 0 Å². The Hall–Kier alpha value is -3.15. The number of rotatable bonds is 4. The lowest BCUT2D eigenvalue weighted by molar-refractivity contribution is 0.634. The van der Waals surface area contributed by atoms with Crippen LogP contribution in [0.5, 0.6) is 0 Å². The molecule has 29 heavy (non-hydrogen) atoms. The maximum absolute atomic E-state index is 4.73. The molecule has 0 radical (unpaired) electrons. The minimum Gasteiger partial charge on any atom is -0.368 e. The van der Waals surface area contributed by atoms with Gasteiger partial charge in [-0.15, -0.1) is 5.10 Å². The van der Waals surface area contributed by atoms with Crippen molar-refractivity contribution in [2.75, 3.05) is 41.3 Å². The third-order valence-electron chi connectivity index (χ3n) is 5.76. The average Bonchev–Trinajstić information content (AvgIpc) is 2.73. The van der Waals surface area contributed by atoms with Crippen LogP contribution in [-0.4, -0.2) is 41.4 Å². The Balaban J connectivity index is 1.47.